The number of hydrogen-bond donors (Lipinski definition) is 0. The highest BCUT2D eigenvalue weighted by atomic mass is 32.2. The van der Waals surface area contributed by atoms with Crippen molar-refractivity contribution < 1.29 is 22.7 Å². The zero-order valence-electron chi connectivity index (χ0n) is 17.0. The number of carbonyl (C=O) groups is 1. The van der Waals surface area contributed by atoms with Gasteiger partial charge in [-0.2, -0.15) is 0 Å². The molecule has 1 unspecified atom stereocenters. The van der Waals surface area contributed by atoms with Crippen molar-refractivity contribution in [2.75, 3.05) is 58.0 Å². The molecule has 3 heterocycles. The van der Waals surface area contributed by atoms with Gasteiger partial charge in [-0.05, 0) is 37.0 Å². The molecule has 1 aromatic carbocycles. The zero-order valence-corrected chi connectivity index (χ0v) is 17.8. The van der Waals surface area contributed by atoms with Gasteiger partial charge in [-0.3, -0.25) is 9.69 Å². The fraction of sp³-hybridized carbons (Fsp3) is 0.667. The van der Waals surface area contributed by atoms with Crippen LogP contribution < -0.4 is 4.74 Å². The Morgan fingerprint density at radius 2 is 1.76 bits per heavy atom. The van der Waals surface area contributed by atoms with E-state index in [1.54, 1.807) is 7.11 Å². The molecule has 29 heavy (non-hydrogen) atoms. The fourth-order valence-electron chi connectivity index (χ4n) is 4.91. The van der Waals surface area contributed by atoms with Gasteiger partial charge in [-0.25, -0.2) is 8.42 Å². The maximum absolute atomic E-state index is 13.7. The van der Waals surface area contributed by atoms with Crippen LogP contribution in [0, 0.1) is 0 Å². The van der Waals surface area contributed by atoms with E-state index in [0.29, 0.717) is 45.6 Å². The predicted octanol–water partition coefficient (Wildman–Crippen LogP) is 1.07. The third-order valence-corrected chi connectivity index (χ3v) is 8.47. The average molecular weight is 423 g/mol. The van der Waals surface area contributed by atoms with E-state index in [2.05, 4.69) is 4.90 Å². The van der Waals surface area contributed by atoms with Crippen molar-refractivity contribution in [3.05, 3.63) is 29.8 Å². The highest BCUT2D eigenvalue weighted by Crippen LogP contribution is 2.38. The summed E-state index contributed by atoms with van der Waals surface area (Å²) in [4.78, 5) is 17.9. The Labute approximate surface area is 172 Å². The minimum Gasteiger partial charge on any atom is -0.497 e. The Morgan fingerprint density at radius 3 is 2.31 bits per heavy atom. The van der Waals surface area contributed by atoms with Crippen molar-refractivity contribution in [1.82, 2.24) is 9.80 Å². The van der Waals surface area contributed by atoms with E-state index in [-0.39, 0.29) is 23.5 Å². The first-order valence-corrected chi connectivity index (χ1v) is 12.2. The number of rotatable bonds is 4. The number of amides is 1. The maximum atomic E-state index is 13.7. The molecule has 0 aromatic heterocycles. The van der Waals surface area contributed by atoms with Crippen molar-refractivity contribution >= 4 is 15.7 Å². The lowest BCUT2D eigenvalue weighted by atomic mass is 9.73. The highest BCUT2D eigenvalue weighted by Gasteiger charge is 2.45. The molecule has 3 fully saturated rings. The molecule has 1 amide bonds. The van der Waals surface area contributed by atoms with Gasteiger partial charge in [0.1, 0.15) is 5.75 Å². The second-order valence-electron chi connectivity index (χ2n) is 8.31. The number of nitrogens with zero attached hydrogens (tertiary/aromatic N) is 2. The van der Waals surface area contributed by atoms with Crippen LogP contribution in [-0.2, 0) is 24.8 Å². The van der Waals surface area contributed by atoms with E-state index in [0.717, 1.165) is 24.4 Å². The van der Waals surface area contributed by atoms with E-state index in [1.165, 1.54) is 0 Å². The van der Waals surface area contributed by atoms with Gasteiger partial charge in [-0.15, -0.1) is 0 Å². The molecule has 0 spiro atoms. The molecular formula is C21H30N2O5S. The number of methoxy groups -OCH3 is 1. The van der Waals surface area contributed by atoms with Crippen LogP contribution >= 0.6 is 0 Å². The second kappa shape index (κ2) is 8.24. The van der Waals surface area contributed by atoms with Crippen LogP contribution in [0.25, 0.3) is 0 Å². The topological polar surface area (TPSA) is 76.2 Å². The van der Waals surface area contributed by atoms with Gasteiger partial charge < -0.3 is 14.4 Å². The average Bonchev–Trinajstić information content (AvgIpc) is 3.13. The predicted molar refractivity (Wildman–Crippen MR) is 110 cm³/mol. The Balaban J connectivity index is 1.47. The zero-order chi connectivity index (χ0) is 20.5. The molecule has 1 atom stereocenters. The summed E-state index contributed by atoms with van der Waals surface area (Å²) in [7, 11) is -1.25. The lowest BCUT2D eigenvalue weighted by Crippen LogP contribution is -2.57. The Hall–Kier alpha value is -1.64. The molecule has 0 N–H and O–H groups in total. The van der Waals surface area contributed by atoms with Gasteiger partial charge in [0.2, 0.25) is 5.91 Å². The molecule has 0 radical (unpaired) electrons. The molecule has 3 saturated heterocycles. The van der Waals surface area contributed by atoms with Gasteiger partial charge >= 0.3 is 0 Å². The first kappa shape index (κ1) is 20.6. The summed E-state index contributed by atoms with van der Waals surface area (Å²) in [5.41, 5.74) is 0.472. The summed E-state index contributed by atoms with van der Waals surface area (Å²) in [6, 6.07) is 7.94. The molecule has 0 bridgehead atoms. The van der Waals surface area contributed by atoms with Gasteiger partial charge in [0, 0.05) is 45.4 Å². The summed E-state index contributed by atoms with van der Waals surface area (Å²) >= 11 is 0. The quantitative estimate of drug-likeness (QED) is 0.723. The molecule has 3 aliphatic heterocycles. The number of ether oxygens (including phenoxy) is 2. The van der Waals surface area contributed by atoms with Crippen LogP contribution in [0.2, 0.25) is 0 Å². The van der Waals surface area contributed by atoms with Crippen molar-refractivity contribution in [3.63, 3.8) is 0 Å². The second-order valence-corrected chi connectivity index (χ2v) is 10.5. The van der Waals surface area contributed by atoms with E-state index >= 15 is 0 Å². The van der Waals surface area contributed by atoms with Crippen molar-refractivity contribution in [2.24, 2.45) is 0 Å². The van der Waals surface area contributed by atoms with Gasteiger partial charge in [0.15, 0.2) is 9.84 Å². The summed E-state index contributed by atoms with van der Waals surface area (Å²) in [6.45, 7) is 3.93. The molecule has 7 nitrogen and oxygen atoms in total. The monoisotopic (exact) mass is 422 g/mol. The fourth-order valence-corrected chi connectivity index (χ4v) is 6.67. The molecule has 3 aliphatic rings. The first-order valence-electron chi connectivity index (χ1n) is 10.4. The summed E-state index contributed by atoms with van der Waals surface area (Å²) in [5, 5.41) is 0. The lowest BCUT2D eigenvalue weighted by molar-refractivity contribution is -0.143. The van der Waals surface area contributed by atoms with Crippen LogP contribution in [0.15, 0.2) is 24.3 Å². The minimum absolute atomic E-state index is 0.107. The third-order valence-electron chi connectivity index (χ3n) is 6.72. The van der Waals surface area contributed by atoms with Crippen molar-refractivity contribution in [3.8, 4) is 5.75 Å². The number of hydrogen-bond acceptors (Lipinski definition) is 6. The van der Waals surface area contributed by atoms with E-state index in [1.807, 2.05) is 29.2 Å². The number of piperazine rings is 1. The van der Waals surface area contributed by atoms with E-state index < -0.39 is 15.3 Å². The van der Waals surface area contributed by atoms with Gasteiger partial charge in [0.05, 0.1) is 24.0 Å². The number of sulfone groups is 1. The molecule has 160 valence electrons. The van der Waals surface area contributed by atoms with Crippen molar-refractivity contribution in [2.45, 2.75) is 30.7 Å². The summed E-state index contributed by atoms with van der Waals surface area (Å²) in [6.07, 6.45) is 2.07. The van der Waals surface area contributed by atoms with E-state index in [9.17, 15) is 13.2 Å². The Kier molecular flexibility index (Phi) is 5.86. The van der Waals surface area contributed by atoms with Crippen LogP contribution in [0.5, 0.6) is 5.75 Å². The smallest absolute Gasteiger partial charge is 0.233 e. The molecule has 0 aliphatic carbocycles. The Morgan fingerprint density at radius 1 is 1.10 bits per heavy atom. The molecule has 8 heteroatoms. The largest absolute Gasteiger partial charge is 0.497 e. The van der Waals surface area contributed by atoms with Crippen LogP contribution in [0.3, 0.4) is 0 Å². The maximum Gasteiger partial charge on any atom is 0.233 e. The van der Waals surface area contributed by atoms with Gasteiger partial charge in [0.25, 0.3) is 0 Å². The molecular weight excluding hydrogens is 392 g/mol. The SMILES string of the molecule is COc1ccc(C2(C(=O)N3CCN(C4CCS(=O)(=O)C4)CC3)CCOCC2)cc1. The van der Waals surface area contributed by atoms with Crippen molar-refractivity contribution in [1.29, 1.82) is 0 Å². The first-order chi connectivity index (χ1) is 13.9. The highest BCUT2D eigenvalue weighted by molar-refractivity contribution is 7.91. The Bertz CT molecular complexity index is 825. The van der Waals surface area contributed by atoms with E-state index in [4.69, 9.17) is 9.47 Å². The lowest BCUT2D eigenvalue weighted by Gasteiger charge is -2.44. The summed E-state index contributed by atoms with van der Waals surface area (Å²) < 4.78 is 34.4. The number of carbonyl (C=O) groups excluding carboxylic acids is 1. The summed E-state index contributed by atoms with van der Waals surface area (Å²) in [5.74, 6) is 1.50. The standard InChI is InChI=1S/C21H30N2O5S/c1-27-19-4-2-17(3-5-19)21(7-13-28-14-8-21)20(24)23-11-9-22(10-12-23)18-6-15-29(25,26)16-18/h2-5,18H,6-16H2,1H3. The number of benzene rings is 1. The minimum atomic E-state index is -2.89. The molecule has 0 saturated carbocycles. The normalized spacial score (nSPS) is 26.9. The third kappa shape index (κ3) is 4.15. The molecule has 4 rings (SSSR count). The molecule has 1 aromatic rings. The van der Waals surface area contributed by atoms with Crippen LogP contribution in [0.1, 0.15) is 24.8 Å². The van der Waals surface area contributed by atoms with Gasteiger partial charge in [-0.1, -0.05) is 12.1 Å². The van der Waals surface area contributed by atoms with Crippen LogP contribution in [-0.4, -0.2) is 88.2 Å². The van der Waals surface area contributed by atoms with Crippen LogP contribution in [0.4, 0.5) is 0 Å².